The van der Waals surface area contributed by atoms with Gasteiger partial charge < -0.3 is 9.47 Å². The van der Waals surface area contributed by atoms with Crippen molar-refractivity contribution in [2.24, 2.45) is 5.92 Å². The van der Waals surface area contributed by atoms with Crippen molar-refractivity contribution in [3.63, 3.8) is 0 Å². The molecule has 3 heteroatoms. The number of hydrogen-bond donors (Lipinski definition) is 0. The van der Waals surface area contributed by atoms with Crippen molar-refractivity contribution in [3.05, 3.63) is 29.8 Å². The van der Waals surface area contributed by atoms with Crippen LogP contribution in [0.25, 0.3) is 0 Å². The van der Waals surface area contributed by atoms with Gasteiger partial charge in [0, 0.05) is 6.61 Å². The van der Waals surface area contributed by atoms with Crippen molar-refractivity contribution in [3.8, 4) is 5.75 Å². The lowest BCUT2D eigenvalue weighted by molar-refractivity contribution is 0.0903. The number of rotatable bonds is 3. The van der Waals surface area contributed by atoms with E-state index in [1.165, 1.54) is 0 Å². The third-order valence-electron chi connectivity index (χ3n) is 3.17. The number of alkyl halides is 1. The zero-order valence-electron chi connectivity index (χ0n) is 9.65. The topological polar surface area (TPSA) is 18.5 Å². The third kappa shape index (κ3) is 2.33. The molecule has 0 bridgehead atoms. The van der Waals surface area contributed by atoms with Crippen LogP contribution in [0, 0.1) is 5.92 Å². The monoisotopic (exact) mass is 240 g/mol. The van der Waals surface area contributed by atoms with Gasteiger partial charge in [0.25, 0.3) is 0 Å². The maximum Gasteiger partial charge on any atom is 0.118 e. The predicted molar refractivity (Wildman–Crippen MR) is 65.1 cm³/mol. The Bertz CT molecular complexity index is 336. The average molecular weight is 241 g/mol. The van der Waals surface area contributed by atoms with Gasteiger partial charge in [-0.25, -0.2) is 0 Å². The van der Waals surface area contributed by atoms with E-state index < -0.39 is 0 Å². The van der Waals surface area contributed by atoms with Crippen LogP contribution in [0.1, 0.15) is 24.3 Å². The van der Waals surface area contributed by atoms with Crippen LogP contribution in [-0.2, 0) is 4.74 Å². The quantitative estimate of drug-likeness (QED) is 0.754. The lowest BCUT2D eigenvalue weighted by Gasteiger charge is -2.21. The predicted octanol–water partition coefficient (Wildman–Crippen LogP) is 3.40. The molecule has 88 valence electrons. The Morgan fingerprint density at radius 1 is 1.38 bits per heavy atom. The molecule has 3 atom stereocenters. The number of hydrogen-bond acceptors (Lipinski definition) is 2. The second-order valence-electron chi connectivity index (χ2n) is 4.28. The summed E-state index contributed by atoms with van der Waals surface area (Å²) in [6.45, 7) is 3.02. The second-order valence-corrected chi connectivity index (χ2v) is 4.75. The Balaban J connectivity index is 2.10. The zero-order chi connectivity index (χ0) is 11.5. The van der Waals surface area contributed by atoms with E-state index in [1.54, 1.807) is 7.11 Å². The molecule has 1 aromatic rings. The van der Waals surface area contributed by atoms with Crippen LogP contribution in [0.4, 0.5) is 0 Å². The molecule has 16 heavy (non-hydrogen) atoms. The van der Waals surface area contributed by atoms with E-state index >= 15 is 0 Å². The third-order valence-corrected chi connectivity index (χ3v) is 3.67. The first kappa shape index (κ1) is 11.7. The van der Waals surface area contributed by atoms with E-state index in [0.29, 0.717) is 5.92 Å². The highest BCUT2D eigenvalue weighted by atomic mass is 35.5. The molecular formula is C13H17ClO2. The lowest BCUT2D eigenvalue weighted by Crippen LogP contribution is -2.19. The molecule has 0 N–H and O–H groups in total. The summed E-state index contributed by atoms with van der Waals surface area (Å²) in [5, 5.41) is -0.0663. The highest BCUT2D eigenvalue weighted by molar-refractivity contribution is 6.21. The minimum absolute atomic E-state index is 0.0663. The first-order valence-corrected chi connectivity index (χ1v) is 6.05. The molecule has 1 aromatic carbocycles. The molecule has 0 aliphatic carbocycles. The van der Waals surface area contributed by atoms with E-state index in [-0.39, 0.29) is 11.5 Å². The van der Waals surface area contributed by atoms with E-state index in [1.807, 2.05) is 24.3 Å². The van der Waals surface area contributed by atoms with Gasteiger partial charge in [-0.05, 0) is 30.0 Å². The highest BCUT2D eigenvalue weighted by Gasteiger charge is 2.31. The van der Waals surface area contributed by atoms with Crippen molar-refractivity contribution in [1.29, 1.82) is 0 Å². The molecule has 1 saturated heterocycles. The number of benzene rings is 1. The summed E-state index contributed by atoms with van der Waals surface area (Å²) < 4.78 is 10.8. The van der Waals surface area contributed by atoms with Crippen LogP contribution < -0.4 is 4.74 Å². The van der Waals surface area contributed by atoms with Crippen molar-refractivity contribution < 1.29 is 9.47 Å². The van der Waals surface area contributed by atoms with Crippen LogP contribution in [0.5, 0.6) is 5.75 Å². The smallest absolute Gasteiger partial charge is 0.118 e. The van der Waals surface area contributed by atoms with E-state index in [4.69, 9.17) is 21.1 Å². The van der Waals surface area contributed by atoms with Crippen LogP contribution in [0.15, 0.2) is 24.3 Å². The number of methoxy groups -OCH3 is 1. The minimum atomic E-state index is -0.0663. The maximum absolute atomic E-state index is 6.44. The second kappa shape index (κ2) is 5.07. The molecule has 0 radical (unpaired) electrons. The van der Waals surface area contributed by atoms with Crippen molar-refractivity contribution in [2.45, 2.75) is 24.8 Å². The van der Waals surface area contributed by atoms with Gasteiger partial charge in [0.15, 0.2) is 0 Å². The normalized spacial score (nSPS) is 26.7. The van der Waals surface area contributed by atoms with Gasteiger partial charge >= 0.3 is 0 Å². The van der Waals surface area contributed by atoms with Gasteiger partial charge in [-0.2, -0.15) is 0 Å². The first-order chi connectivity index (χ1) is 7.72. The molecule has 2 rings (SSSR count). The van der Waals surface area contributed by atoms with Crippen LogP contribution in [0.3, 0.4) is 0 Å². The summed E-state index contributed by atoms with van der Waals surface area (Å²) in [4.78, 5) is 0. The van der Waals surface area contributed by atoms with Crippen molar-refractivity contribution in [1.82, 2.24) is 0 Å². The summed E-state index contributed by atoms with van der Waals surface area (Å²) in [5.74, 6) is 1.39. The van der Waals surface area contributed by atoms with Crippen LogP contribution in [0.2, 0.25) is 0 Å². The fourth-order valence-electron chi connectivity index (χ4n) is 2.07. The molecule has 1 aliphatic heterocycles. The maximum atomic E-state index is 6.44. The lowest BCUT2D eigenvalue weighted by atomic mass is 9.97. The van der Waals surface area contributed by atoms with E-state index in [2.05, 4.69) is 6.92 Å². The minimum Gasteiger partial charge on any atom is -0.497 e. The molecule has 1 heterocycles. The number of ether oxygens (including phenoxy) is 2. The van der Waals surface area contributed by atoms with Crippen LogP contribution in [-0.4, -0.2) is 19.8 Å². The van der Waals surface area contributed by atoms with Gasteiger partial charge in [-0.3, -0.25) is 0 Å². The summed E-state index contributed by atoms with van der Waals surface area (Å²) in [7, 11) is 1.66. The number of halogens is 1. The molecule has 1 aliphatic rings. The van der Waals surface area contributed by atoms with Gasteiger partial charge in [0.2, 0.25) is 0 Å². The molecule has 3 unspecified atom stereocenters. The largest absolute Gasteiger partial charge is 0.497 e. The fraction of sp³-hybridized carbons (Fsp3) is 0.538. The summed E-state index contributed by atoms with van der Waals surface area (Å²) in [5.41, 5.74) is 1.10. The Hall–Kier alpha value is -0.730. The molecule has 0 aromatic heterocycles. The Labute approximate surface area is 102 Å². The van der Waals surface area contributed by atoms with Crippen LogP contribution >= 0.6 is 11.6 Å². The zero-order valence-corrected chi connectivity index (χ0v) is 10.4. The summed E-state index contributed by atoms with van der Waals surface area (Å²) in [6, 6.07) is 7.88. The highest BCUT2D eigenvalue weighted by Crippen LogP contribution is 2.36. The molecule has 2 nitrogen and oxygen atoms in total. The standard InChI is InChI=1S/C13H17ClO2/c1-9-7-8-16-13(9)12(14)10-3-5-11(15-2)6-4-10/h3-6,9,12-13H,7-8H2,1-2H3. The molecule has 0 spiro atoms. The van der Waals surface area contributed by atoms with Gasteiger partial charge in [0.05, 0.1) is 18.6 Å². The van der Waals surface area contributed by atoms with Gasteiger partial charge in [-0.1, -0.05) is 19.1 Å². The van der Waals surface area contributed by atoms with Crippen molar-refractivity contribution >= 4 is 11.6 Å². The van der Waals surface area contributed by atoms with Gasteiger partial charge in [0.1, 0.15) is 5.75 Å². The molecule has 0 amide bonds. The Morgan fingerprint density at radius 2 is 2.06 bits per heavy atom. The molecular weight excluding hydrogens is 224 g/mol. The summed E-state index contributed by atoms with van der Waals surface area (Å²) in [6.07, 6.45) is 1.24. The van der Waals surface area contributed by atoms with Gasteiger partial charge in [-0.15, -0.1) is 11.6 Å². The SMILES string of the molecule is COc1ccc(C(Cl)C2OCCC2C)cc1. The first-order valence-electron chi connectivity index (χ1n) is 5.62. The van der Waals surface area contributed by atoms with Crippen molar-refractivity contribution in [2.75, 3.05) is 13.7 Å². The molecule has 1 fully saturated rings. The molecule has 0 saturated carbocycles. The Morgan fingerprint density at radius 3 is 2.56 bits per heavy atom. The van der Waals surface area contributed by atoms with E-state index in [0.717, 1.165) is 24.3 Å². The fourth-order valence-corrected chi connectivity index (χ4v) is 2.54. The van der Waals surface area contributed by atoms with E-state index in [9.17, 15) is 0 Å². The Kier molecular flexibility index (Phi) is 3.72. The average Bonchev–Trinajstić information content (AvgIpc) is 2.75. The summed E-state index contributed by atoms with van der Waals surface area (Å²) >= 11 is 6.44.